The van der Waals surface area contributed by atoms with Crippen LogP contribution in [0.2, 0.25) is 0 Å². The van der Waals surface area contributed by atoms with Crippen LogP contribution in [0, 0.1) is 0 Å². The van der Waals surface area contributed by atoms with Crippen molar-refractivity contribution >= 4 is 35.8 Å². The summed E-state index contributed by atoms with van der Waals surface area (Å²) in [7, 11) is 1.97. The summed E-state index contributed by atoms with van der Waals surface area (Å²) in [6, 6.07) is 0. The highest BCUT2D eigenvalue weighted by atomic mass is 127. The molecule has 2 aliphatic heterocycles. The fourth-order valence-electron chi connectivity index (χ4n) is 3.89. The number of aromatic nitrogens is 2. The number of halogens is 1. The van der Waals surface area contributed by atoms with Gasteiger partial charge in [0.2, 0.25) is 5.91 Å². The number of likely N-dealkylation sites (tertiary alicyclic amines) is 1. The zero-order valence-corrected chi connectivity index (χ0v) is 19.6. The van der Waals surface area contributed by atoms with E-state index in [1.165, 1.54) is 5.56 Å². The van der Waals surface area contributed by atoms with Crippen molar-refractivity contribution in [1.82, 2.24) is 29.8 Å². The molecule has 1 N–H and O–H groups in total. The predicted octanol–water partition coefficient (Wildman–Crippen LogP) is 0.957. The number of guanidine groups is 1. The average molecular weight is 503 g/mol. The highest BCUT2D eigenvalue weighted by Crippen LogP contribution is 2.26. The minimum atomic E-state index is 0. The van der Waals surface area contributed by atoms with Crippen LogP contribution in [0.25, 0.3) is 0 Å². The van der Waals surface area contributed by atoms with Crippen molar-refractivity contribution in [1.29, 1.82) is 0 Å². The Hall–Kier alpha value is -1.36. The lowest BCUT2D eigenvalue weighted by Gasteiger charge is -2.33. The second-order valence-corrected chi connectivity index (χ2v) is 7.46. The molecule has 0 aromatic carbocycles. The molecule has 0 saturated carbocycles. The van der Waals surface area contributed by atoms with E-state index in [1.807, 2.05) is 22.8 Å². The van der Waals surface area contributed by atoms with E-state index in [1.54, 1.807) is 6.92 Å². The molecular weight excluding hydrogens is 469 g/mol. The number of aliphatic imine (C=N–C) groups is 1. The first-order valence-corrected chi connectivity index (χ1v) is 10.1. The molecule has 2 saturated heterocycles. The third-order valence-corrected chi connectivity index (χ3v) is 5.51. The molecule has 0 spiro atoms. The number of hydrogen-bond donors (Lipinski definition) is 1. The van der Waals surface area contributed by atoms with Gasteiger partial charge in [-0.05, 0) is 18.9 Å². The molecule has 0 aliphatic carbocycles. The molecule has 1 atom stereocenters. The topological polar surface area (TPSA) is 69.0 Å². The van der Waals surface area contributed by atoms with E-state index in [9.17, 15) is 4.79 Å². The van der Waals surface area contributed by atoms with Gasteiger partial charge < -0.3 is 15.1 Å². The number of aryl methyl sites for hydroxylation is 1. The monoisotopic (exact) mass is 503 g/mol. The van der Waals surface area contributed by atoms with E-state index in [0.29, 0.717) is 5.92 Å². The molecule has 1 aromatic heterocycles. The first kappa shape index (κ1) is 22.9. The molecule has 0 bridgehead atoms. The Balaban J connectivity index is 0.00000280. The number of piperazine rings is 1. The van der Waals surface area contributed by atoms with Crippen molar-refractivity contribution in [2.45, 2.75) is 26.2 Å². The molecule has 2 fully saturated rings. The van der Waals surface area contributed by atoms with Gasteiger partial charge in [0.25, 0.3) is 0 Å². The Kier molecular flexibility index (Phi) is 9.00. The van der Waals surface area contributed by atoms with Crippen LogP contribution < -0.4 is 5.32 Å². The van der Waals surface area contributed by atoms with Crippen LogP contribution in [0.4, 0.5) is 0 Å². The zero-order valence-electron chi connectivity index (χ0n) is 17.3. The molecule has 1 amide bonds. The van der Waals surface area contributed by atoms with Crippen molar-refractivity contribution in [3.63, 3.8) is 0 Å². The molecular formula is C19H34IN7O. The maximum atomic E-state index is 11.4. The summed E-state index contributed by atoms with van der Waals surface area (Å²) in [6.07, 6.45) is 5.25. The van der Waals surface area contributed by atoms with Gasteiger partial charge in [0.1, 0.15) is 0 Å². The fourth-order valence-corrected chi connectivity index (χ4v) is 3.89. The number of nitrogens with zero attached hydrogens (tertiary/aromatic N) is 6. The summed E-state index contributed by atoms with van der Waals surface area (Å²) in [5.74, 6) is 1.73. The average Bonchev–Trinajstić information content (AvgIpc) is 3.30. The Bertz CT molecular complexity index is 654. The van der Waals surface area contributed by atoms with Gasteiger partial charge in [0, 0.05) is 78.4 Å². The Labute approximate surface area is 185 Å². The van der Waals surface area contributed by atoms with Gasteiger partial charge >= 0.3 is 0 Å². The molecule has 9 heteroatoms. The van der Waals surface area contributed by atoms with Crippen molar-refractivity contribution in [2.24, 2.45) is 12.0 Å². The fraction of sp³-hybridized carbons (Fsp3) is 0.737. The van der Waals surface area contributed by atoms with E-state index in [0.717, 1.165) is 71.3 Å². The van der Waals surface area contributed by atoms with Crippen molar-refractivity contribution in [3.8, 4) is 0 Å². The quantitative estimate of drug-likeness (QED) is 0.369. The smallest absolute Gasteiger partial charge is 0.219 e. The minimum absolute atomic E-state index is 0. The lowest BCUT2D eigenvalue weighted by Crippen LogP contribution is -2.48. The maximum Gasteiger partial charge on any atom is 0.219 e. The second-order valence-electron chi connectivity index (χ2n) is 7.46. The summed E-state index contributed by atoms with van der Waals surface area (Å²) in [6.45, 7) is 12.0. The second kappa shape index (κ2) is 11.0. The van der Waals surface area contributed by atoms with Crippen LogP contribution >= 0.6 is 24.0 Å². The first-order valence-electron chi connectivity index (χ1n) is 10.1. The molecule has 3 heterocycles. The maximum absolute atomic E-state index is 11.4. The third kappa shape index (κ3) is 6.07. The van der Waals surface area contributed by atoms with Crippen LogP contribution in [0.1, 0.15) is 31.7 Å². The lowest BCUT2D eigenvalue weighted by molar-refractivity contribution is -0.130. The molecule has 2 aliphatic rings. The van der Waals surface area contributed by atoms with Crippen LogP contribution in [0.15, 0.2) is 17.4 Å². The van der Waals surface area contributed by atoms with Crippen molar-refractivity contribution in [2.75, 3.05) is 58.9 Å². The summed E-state index contributed by atoms with van der Waals surface area (Å²) >= 11 is 0. The summed E-state index contributed by atoms with van der Waals surface area (Å²) in [4.78, 5) is 23.0. The van der Waals surface area contributed by atoms with Crippen molar-refractivity contribution in [3.05, 3.63) is 18.0 Å². The number of rotatable bonds is 5. The number of nitrogens with one attached hydrogen (secondary N) is 1. The van der Waals surface area contributed by atoms with Gasteiger partial charge in [-0.15, -0.1) is 24.0 Å². The van der Waals surface area contributed by atoms with Crippen LogP contribution in [-0.4, -0.2) is 95.2 Å². The van der Waals surface area contributed by atoms with Crippen LogP contribution in [0.3, 0.4) is 0 Å². The standard InChI is InChI=1S/C19H33N7O.HI/c1-4-20-19(21-6-8-24-9-11-25(12-10-24)16(2)27)26-7-5-17(15-26)18-13-22-23(3)14-18;/h13-14,17H,4-12,15H2,1-3H3,(H,20,21);1H. The first-order chi connectivity index (χ1) is 13.1. The minimum Gasteiger partial charge on any atom is -0.357 e. The van der Waals surface area contributed by atoms with Crippen LogP contribution in [-0.2, 0) is 11.8 Å². The van der Waals surface area contributed by atoms with Gasteiger partial charge in [0.15, 0.2) is 5.96 Å². The normalized spacial score (nSPS) is 21.0. The molecule has 1 aromatic rings. The number of carbonyl (C=O) groups excluding carboxylic acids is 1. The highest BCUT2D eigenvalue weighted by molar-refractivity contribution is 14.0. The van der Waals surface area contributed by atoms with E-state index in [-0.39, 0.29) is 29.9 Å². The summed E-state index contributed by atoms with van der Waals surface area (Å²) in [5.41, 5.74) is 1.32. The third-order valence-electron chi connectivity index (χ3n) is 5.51. The largest absolute Gasteiger partial charge is 0.357 e. The lowest BCUT2D eigenvalue weighted by atomic mass is 10.0. The Morgan fingerprint density at radius 3 is 2.61 bits per heavy atom. The van der Waals surface area contributed by atoms with E-state index < -0.39 is 0 Å². The zero-order chi connectivity index (χ0) is 19.2. The number of hydrogen-bond acceptors (Lipinski definition) is 4. The molecule has 158 valence electrons. The van der Waals surface area contributed by atoms with Gasteiger partial charge in [-0.2, -0.15) is 5.10 Å². The number of carbonyl (C=O) groups is 1. The molecule has 0 radical (unpaired) electrons. The highest BCUT2D eigenvalue weighted by Gasteiger charge is 2.27. The van der Waals surface area contributed by atoms with Gasteiger partial charge in [-0.3, -0.25) is 19.4 Å². The summed E-state index contributed by atoms with van der Waals surface area (Å²) < 4.78 is 1.88. The van der Waals surface area contributed by atoms with E-state index >= 15 is 0 Å². The molecule has 1 unspecified atom stereocenters. The Morgan fingerprint density at radius 2 is 2.00 bits per heavy atom. The summed E-state index contributed by atoms with van der Waals surface area (Å²) in [5, 5.41) is 7.75. The van der Waals surface area contributed by atoms with E-state index in [4.69, 9.17) is 4.99 Å². The molecule has 3 rings (SSSR count). The van der Waals surface area contributed by atoms with Crippen molar-refractivity contribution < 1.29 is 4.79 Å². The molecule has 28 heavy (non-hydrogen) atoms. The Morgan fingerprint density at radius 1 is 1.25 bits per heavy atom. The van der Waals surface area contributed by atoms with Gasteiger partial charge in [-0.25, -0.2) is 0 Å². The van der Waals surface area contributed by atoms with E-state index in [2.05, 4.69) is 33.3 Å². The SMILES string of the molecule is CCNC(=NCCN1CCN(C(C)=O)CC1)N1CCC(c2cnn(C)c2)C1.I. The van der Waals surface area contributed by atoms with Gasteiger partial charge in [-0.1, -0.05) is 0 Å². The molecule has 8 nitrogen and oxygen atoms in total. The number of amides is 1. The van der Waals surface area contributed by atoms with Gasteiger partial charge in [0.05, 0.1) is 12.7 Å². The predicted molar refractivity (Wildman–Crippen MR) is 122 cm³/mol. The van der Waals surface area contributed by atoms with Crippen LogP contribution in [0.5, 0.6) is 0 Å².